The highest BCUT2D eigenvalue weighted by Gasteiger charge is 2.25. The number of hydrogen-bond donors (Lipinski definition) is 2. The van der Waals surface area contributed by atoms with E-state index in [0.717, 1.165) is 18.8 Å². The minimum Gasteiger partial charge on any atom is -0.497 e. The molecule has 0 bridgehead atoms. The third-order valence-corrected chi connectivity index (χ3v) is 6.91. The molecule has 1 atom stereocenters. The molecular formula is C23H30N4O6S. The Balaban J connectivity index is 1.52. The van der Waals surface area contributed by atoms with Crippen LogP contribution in [0.1, 0.15) is 6.92 Å². The zero-order chi connectivity index (χ0) is 24.7. The summed E-state index contributed by atoms with van der Waals surface area (Å²) in [6.07, 6.45) is 0. The van der Waals surface area contributed by atoms with Crippen LogP contribution in [0.3, 0.4) is 0 Å². The topological polar surface area (TPSA) is 117 Å². The third-order valence-electron chi connectivity index (χ3n) is 5.36. The highest BCUT2D eigenvalue weighted by Crippen LogP contribution is 2.19. The zero-order valence-corrected chi connectivity index (χ0v) is 20.3. The second-order valence-electron chi connectivity index (χ2n) is 7.91. The van der Waals surface area contributed by atoms with Gasteiger partial charge in [-0.25, -0.2) is 8.42 Å². The summed E-state index contributed by atoms with van der Waals surface area (Å²) in [5.41, 5.74) is 1.66. The van der Waals surface area contributed by atoms with Crippen LogP contribution in [0.15, 0.2) is 53.4 Å². The highest BCUT2D eigenvalue weighted by atomic mass is 32.2. The summed E-state index contributed by atoms with van der Waals surface area (Å²) < 4.78 is 37.9. The van der Waals surface area contributed by atoms with Crippen LogP contribution in [0.25, 0.3) is 0 Å². The Morgan fingerprint density at radius 3 is 2.29 bits per heavy atom. The molecule has 0 aliphatic carbocycles. The number of carbonyl (C=O) groups excluding carboxylic acids is 2. The number of carbonyl (C=O) groups is 2. The fourth-order valence-electron chi connectivity index (χ4n) is 3.51. The molecule has 34 heavy (non-hydrogen) atoms. The summed E-state index contributed by atoms with van der Waals surface area (Å²) in [5, 5.41) is 2.76. The van der Waals surface area contributed by atoms with Gasteiger partial charge in [-0.2, -0.15) is 4.72 Å². The number of benzene rings is 2. The number of nitrogens with zero attached hydrogens (tertiary/aromatic N) is 2. The molecule has 0 radical (unpaired) electrons. The second kappa shape index (κ2) is 11.3. The van der Waals surface area contributed by atoms with E-state index in [4.69, 9.17) is 9.47 Å². The fraction of sp³-hybridized carbons (Fsp3) is 0.391. The molecule has 2 aromatic rings. The van der Waals surface area contributed by atoms with Crippen molar-refractivity contribution in [3.8, 4) is 5.75 Å². The summed E-state index contributed by atoms with van der Waals surface area (Å²) in [7, 11) is -0.992. The van der Waals surface area contributed by atoms with E-state index in [0.29, 0.717) is 24.7 Å². The zero-order valence-electron chi connectivity index (χ0n) is 19.5. The molecular weight excluding hydrogens is 460 g/mol. The van der Waals surface area contributed by atoms with Crippen molar-refractivity contribution in [2.45, 2.75) is 17.9 Å². The Morgan fingerprint density at radius 2 is 1.71 bits per heavy atom. The summed E-state index contributed by atoms with van der Waals surface area (Å²) >= 11 is 0. The Morgan fingerprint density at radius 1 is 1.09 bits per heavy atom. The van der Waals surface area contributed by atoms with E-state index in [1.165, 1.54) is 50.2 Å². The summed E-state index contributed by atoms with van der Waals surface area (Å²) in [4.78, 5) is 28.5. The van der Waals surface area contributed by atoms with Gasteiger partial charge in [0.15, 0.2) is 0 Å². The lowest BCUT2D eigenvalue weighted by molar-refractivity contribution is -0.134. The van der Waals surface area contributed by atoms with Gasteiger partial charge < -0.3 is 24.6 Å². The maximum absolute atomic E-state index is 12.6. The van der Waals surface area contributed by atoms with Crippen molar-refractivity contribution in [2.24, 2.45) is 0 Å². The number of sulfonamides is 1. The molecule has 3 rings (SSSR count). The van der Waals surface area contributed by atoms with Gasteiger partial charge in [0.25, 0.3) is 0 Å². The van der Waals surface area contributed by atoms with Gasteiger partial charge in [-0.15, -0.1) is 0 Å². The first kappa shape index (κ1) is 25.5. The third kappa shape index (κ3) is 6.69. The van der Waals surface area contributed by atoms with Crippen molar-refractivity contribution in [1.29, 1.82) is 0 Å². The number of amides is 2. The van der Waals surface area contributed by atoms with Gasteiger partial charge in [-0.05, 0) is 55.5 Å². The maximum atomic E-state index is 12.6. The van der Waals surface area contributed by atoms with Crippen molar-refractivity contribution in [3.63, 3.8) is 0 Å². The lowest BCUT2D eigenvalue weighted by Gasteiger charge is -2.29. The number of morpholine rings is 1. The van der Waals surface area contributed by atoms with Crippen molar-refractivity contribution in [1.82, 2.24) is 9.62 Å². The number of anilines is 2. The van der Waals surface area contributed by atoms with E-state index < -0.39 is 22.0 Å². The molecule has 10 nitrogen and oxygen atoms in total. The first-order chi connectivity index (χ1) is 16.2. The van der Waals surface area contributed by atoms with Crippen LogP contribution in [0, 0.1) is 0 Å². The largest absolute Gasteiger partial charge is 0.497 e. The van der Waals surface area contributed by atoms with Crippen molar-refractivity contribution in [3.05, 3.63) is 48.5 Å². The van der Waals surface area contributed by atoms with Gasteiger partial charge in [-0.3, -0.25) is 9.59 Å². The molecule has 184 valence electrons. The number of likely N-dealkylation sites (N-methyl/N-ethyl adjacent to an activating group) is 1. The summed E-state index contributed by atoms with van der Waals surface area (Å²) in [5.74, 6) is -0.403. The summed E-state index contributed by atoms with van der Waals surface area (Å²) in [6.45, 7) is 4.22. The quantitative estimate of drug-likeness (QED) is 0.544. The predicted octanol–water partition coefficient (Wildman–Crippen LogP) is 1.30. The fourth-order valence-corrected chi connectivity index (χ4v) is 4.70. The number of ether oxygens (including phenoxy) is 2. The smallest absolute Gasteiger partial charge is 0.243 e. The lowest BCUT2D eigenvalue weighted by Crippen LogP contribution is -2.47. The first-order valence-corrected chi connectivity index (χ1v) is 12.3. The number of nitrogens with one attached hydrogen (secondary N) is 2. The minimum absolute atomic E-state index is 0.00821. The number of rotatable bonds is 9. The van der Waals surface area contributed by atoms with Crippen LogP contribution >= 0.6 is 0 Å². The van der Waals surface area contributed by atoms with Gasteiger partial charge in [0, 0.05) is 31.5 Å². The maximum Gasteiger partial charge on any atom is 0.243 e. The van der Waals surface area contributed by atoms with Crippen LogP contribution in [0.2, 0.25) is 0 Å². The monoisotopic (exact) mass is 490 g/mol. The molecule has 0 spiro atoms. The lowest BCUT2D eigenvalue weighted by atomic mass is 10.2. The predicted molar refractivity (Wildman–Crippen MR) is 129 cm³/mol. The average Bonchev–Trinajstić information content (AvgIpc) is 2.84. The van der Waals surface area contributed by atoms with E-state index in [9.17, 15) is 18.0 Å². The van der Waals surface area contributed by atoms with Crippen LogP contribution in [-0.4, -0.2) is 78.2 Å². The molecule has 2 N–H and O–H groups in total. The van der Waals surface area contributed by atoms with Crippen LogP contribution in [-0.2, 0) is 24.3 Å². The van der Waals surface area contributed by atoms with Gasteiger partial charge in [0.1, 0.15) is 5.75 Å². The average molecular weight is 491 g/mol. The van der Waals surface area contributed by atoms with Crippen LogP contribution < -0.4 is 19.7 Å². The molecule has 1 saturated heterocycles. The molecule has 0 aromatic heterocycles. The molecule has 2 aromatic carbocycles. The SMILES string of the molecule is COc1ccc(S(=O)(=O)N[C@@H](C)C(=O)N(C)CC(=O)Nc2ccc(N3CCOCC3)cc2)cc1. The van der Waals surface area contributed by atoms with E-state index in [2.05, 4.69) is 14.9 Å². The van der Waals surface area contributed by atoms with Crippen LogP contribution in [0.4, 0.5) is 11.4 Å². The van der Waals surface area contributed by atoms with Crippen molar-refractivity contribution < 1.29 is 27.5 Å². The molecule has 1 aliphatic heterocycles. The van der Waals surface area contributed by atoms with Crippen molar-refractivity contribution in [2.75, 3.05) is 57.2 Å². The summed E-state index contributed by atoms with van der Waals surface area (Å²) in [6, 6.07) is 12.2. The Labute approximate surface area is 199 Å². The van der Waals surface area contributed by atoms with Gasteiger partial charge in [0.2, 0.25) is 21.8 Å². The van der Waals surface area contributed by atoms with E-state index >= 15 is 0 Å². The van der Waals surface area contributed by atoms with Gasteiger partial charge >= 0.3 is 0 Å². The minimum atomic E-state index is -3.92. The highest BCUT2D eigenvalue weighted by molar-refractivity contribution is 7.89. The molecule has 2 amide bonds. The molecule has 1 aliphatic rings. The van der Waals surface area contributed by atoms with Crippen molar-refractivity contribution >= 4 is 33.2 Å². The van der Waals surface area contributed by atoms with Gasteiger partial charge in [-0.1, -0.05) is 0 Å². The molecule has 1 heterocycles. The Hall–Kier alpha value is -3.15. The second-order valence-corrected chi connectivity index (χ2v) is 9.62. The molecule has 11 heteroatoms. The van der Waals surface area contributed by atoms with Gasteiger partial charge in [0.05, 0.1) is 37.8 Å². The Bertz CT molecular complexity index is 1080. The van der Waals surface area contributed by atoms with Crippen LogP contribution in [0.5, 0.6) is 5.75 Å². The van der Waals surface area contributed by atoms with E-state index in [-0.39, 0.29) is 17.3 Å². The first-order valence-electron chi connectivity index (χ1n) is 10.8. The number of hydrogen-bond acceptors (Lipinski definition) is 7. The Kier molecular flexibility index (Phi) is 8.48. The van der Waals surface area contributed by atoms with E-state index in [1.54, 1.807) is 12.1 Å². The number of methoxy groups -OCH3 is 1. The molecule has 0 unspecified atom stereocenters. The molecule has 0 saturated carbocycles. The standard InChI is InChI=1S/C23H30N4O6S/c1-17(25-34(30,31)21-10-8-20(32-3)9-11-21)23(29)26(2)16-22(28)24-18-4-6-19(7-5-18)27-12-14-33-15-13-27/h4-11,17,25H,12-16H2,1-3H3,(H,24,28)/t17-/m0/s1. The molecule has 1 fully saturated rings. The van der Waals surface area contributed by atoms with E-state index in [1.807, 2.05) is 12.1 Å². The normalized spacial score (nSPS) is 14.9.